The maximum absolute atomic E-state index is 13.7. The van der Waals surface area contributed by atoms with Crippen LogP contribution in [0.4, 0.5) is 0 Å². The second-order valence-corrected chi connectivity index (χ2v) is 18.2. The normalized spacial score (nSPS) is 39.9. The van der Waals surface area contributed by atoms with Crippen LogP contribution in [0.1, 0.15) is 79.6 Å². The summed E-state index contributed by atoms with van der Waals surface area (Å²) in [5, 5.41) is 11.0. The minimum Gasteiger partial charge on any atom is -0.462 e. The first-order chi connectivity index (χ1) is 16.8. The third-order valence-electron chi connectivity index (χ3n) is 10.1. The Bertz CT molecular complexity index is 900. The van der Waals surface area contributed by atoms with Crippen LogP contribution in [0.2, 0.25) is 18.1 Å². The Morgan fingerprint density at radius 3 is 2.50 bits per heavy atom. The Balaban J connectivity index is 1.59. The van der Waals surface area contributed by atoms with Gasteiger partial charge in [0.05, 0.1) is 12.5 Å². The average Bonchev–Trinajstić information content (AvgIpc) is 3.36. The van der Waals surface area contributed by atoms with Gasteiger partial charge in [0.15, 0.2) is 14.1 Å². The number of ketones is 1. The summed E-state index contributed by atoms with van der Waals surface area (Å²) < 4.78 is 12.7. The first-order valence-corrected chi connectivity index (χ1v) is 17.2. The number of esters is 1. The van der Waals surface area contributed by atoms with Crippen molar-refractivity contribution in [1.29, 1.82) is 0 Å². The van der Waals surface area contributed by atoms with Gasteiger partial charge in [-0.15, -0.1) is 0 Å². The molecule has 3 aliphatic carbocycles. The van der Waals surface area contributed by atoms with Crippen molar-refractivity contribution in [3.63, 3.8) is 0 Å². The van der Waals surface area contributed by atoms with Crippen LogP contribution in [-0.4, -0.2) is 43.5 Å². The fourth-order valence-corrected chi connectivity index (χ4v) is 8.16. The Labute approximate surface area is 219 Å². The zero-order chi connectivity index (χ0) is 26.4. The Morgan fingerprint density at radius 1 is 1.11 bits per heavy atom. The molecule has 0 aromatic carbocycles. The van der Waals surface area contributed by atoms with Crippen LogP contribution >= 0.6 is 0 Å². The predicted molar refractivity (Wildman–Crippen MR) is 145 cm³/mol. The zero-order valence-corrected chi connectivity index (χ0v) is 24.5. The molecule has 2 fully saturated rings. The van der Waals surface area contributed by atoms with Crippen LogP contribution in [0.5, 0.6) is 0 Å². The third kappa shape index (κ3) is 5.46. The molecule has 1 saturated carbocycles. The number of hydrogen-bond acceptors (Lipinski definition) is 5. The summed E-state index contributed by atoms with van der Waals surface area (Å²) in [6, 6.07) is 0. The molecule has 6 heteroatoms. The number of carbonyl (C=O) groups is 2. The van der Waals surface area contributed by atoms with Crippen molar-refractivity contribution in [2.45, 2.75) is 116 Å². The summed E-state index contributed by atoms with van der Waals surface area (Å²) in [5.74, 6) is 0.455. The Morgan fingerprint density at radius 2 is 1.83 bits per heavy atom. The molecule has 0 aromatic heterocycles. The number of ether oxygens (including phenoxy) is 1. The van der Waals surface area contributed by atoms with E-state index >= 15 is 0 Å². The van der Waals surface area contributed by atoms with Crippen molar-refractivity contribution in [3.8, 4) is 0 Å². The quantitative estimate of drug-likeness (QED) is 0.274. The van der Waals surface area contributed by atoms with E-state index in [0.717, 1.165) is 37.7 Å². The van der Waals surface area contributed by atoms with Gasteiger partial charge >= 0.3 is 5.97 Å². The molecule has 1 heterocycles. The third-order valence-corrected chi connectivity index (χ3v) is 14.6. The molecule has 0 radical (unpaired) electrons. The smallest absolute Gasteiger partial charge is 0.306 e. The van der Waals surface area contributed by atoms with E-state index in [2.05, 4.69) is 52.1 Å². The molecule has 4 rings (SSSR count). The summed E-state index contributed by atoms with van der Waals surface area (Å²) in [6.45, 7) is 15.4. The molecule has 202 valence electrons. The zero-order valence-electron chi connectivity index (χ0n) is 23.5. The summed E-state index contributed by atoms with van der Waals surface area (Å²) in [7, 11) is -1.86. The minimum atomic E-state index is -1.86. The number of Topliss-reactive ketones (excluding diaryl/α,β-unsaturated/α-hetero) is 1. The lowest BCUT2D eigenvalue weighted by atomic mass is 9.70. The van der Waals surface area contributed by atoms with E-state index in [1.807, 2.05) is 13.8 Å². The summed E-state index contributed by atoms with van der Waals surface area (Å²) in [6.07, 6.45) is 11.4. The van der Waals surface area contributed by atoms with Gasteiger partial charge in [0, 0.05) is 17.9 Å². The largest absolute Gasteiger partial charge is 0.462 e. The number of allylic oxidation sites excluding steroid dienone is 4. The van der Waals surface area contributed by atoms with E-state index in [4.69, 9.17) is 9.16 Å². The second-order valence-electron chi connectivity index (χ2n) is 13.4. The monoisotopic (exact) mass is 516 g/mol. The maximum atomic E-state index is 13.7. The lowest BCUT2D eigenvalue weighted by Crippen LogP contribution is -2.43. The van der Waals surface area contributed by atoms with Gasteiger partial charge in [0.25, 0.3) is 0 Å². The SMILES string of the molecule is CC[C@H]1CCC[C@@H](O)[C@@H](C)C(=O)C2=C[C@@H]3[C@@H](C=C[C@@H]4C[C@@H](O[Si](C)(C)C(C)(C)C)C[C@@H]34)[C@@H]2CC(=O)O1. The van der Waals surface area contributed by atoms with Gasteiger partial charge in [0.2, 0.25) is 0 Å². The predicted octanol–water partition coefficient (Wildman–Crippen LogP) is 6.22. The molecule has 0 amide bonds. The average molecular weight is 517 g/mol. The molecule has 0 spiro atoms. The number of rotatable bonds is 3. The number of aliphatic hydroxyl groups is 1. The highest BCUT2D eigenvalue weighted by molar-refractivity contribution is 6.74. The molecule has 0 unspecified atom stereocenters. The van der Waals surface area contributed by atoms with E-state index in [-0.39, 0.29) is 53.2 Å². The standard InChI is InChI=1S/C30H48O5Si/c1-8-20-10-9-11-27(31)18(2)29(33)26-16-24-22(25(26)17-28(32)34-20)13-12-19-14-21(15-23(19)24)35-36(6,7)30(3,4)5/h12-13,16,18-25,27,31H,8-11,14-15,17H2,1-7H3/t18-,19-,20+,21-,22-,23-,24-,25+,27-/m1/s1. The molecule has 1 aliphatic heterocycles. The topological polar surface area (TPSA) is 72.8 Å². The maximum Gasteiger partial charge on any atom is 0.306 e. The van der Waals surface area contributed by atoms with Crippen LogP contribution in [0.25, 0.3) is 0 Å². The Kier molecular flexibility index (Phi) is 8.10. The first kappa shape index (κ1) is 27.8. The Hall–Kier alpha value is -1.24. The molecular weight excluding hydrogens is 468 g/mol. The highest BCUT2D eigenvalue weighted by Gasteiger charge is 2.51. The van der Waals surface area contributed by atoms with Crippen LogP contribution < -0.4 is 0 Å². The van der Waals surface area contributed by atoms with Crippen LogP contribution in [-0.2, 0) is 18.8 Å². The highest BCUT2D eigenvalue weighted by atomic mass is 28.4. The second kappa shape index (κ2) is 10.5. The van der Waals surface area contributed by atoms with E-state index in [0.29, 0.717) is 18.3 Å². The van der Waals surface area contributed by atoms with E-state index in [1.165, 1.54) is 0 Å². The highest BCUT2D eigenvalue weighted by Crippen LogP contribution is 2.54. The number of hydrogen-bond donors (Lipinski definition) is 1. The van der Waals surface area contributed by atoms with Gasteiger partial charge in [-0.1, -0.05) is 52.8 Å². The van der Waals surface area contributed by atoms with Crippen molar-refractivity contribution in [3.05, 3.63) is 23.8 Å². The lowest BCUT2D eigenvalue weighted by molar-refractivity contribution is -0.151. The molecule has 1 N–H and O–H groups in total. The molecule has 0 aromatic rings. The van der Waals surface area contributed by atoms with E-state index in [9.17, 15) is 14.7 Å². The van der Waals surface area contributed by atoms with E-state index < -0.39 is 20.3 Å². The van der Waals surface area contributed by atoms with Crippen molar-refractivity contribution in [2.75, 3.05) is 0 Å². The molecule has 4 aliphatic rings. The summed E-state index contributed by atoms with van der Waals surface area (Å²) in [5.41, 5.74) is 0.751. The van der Waals surface area contributed by atoms with Gasteiger partial charge in [-0.25, -0.2) is 0 Å². The minimum absolute atomic E-state index is 0.0133. The van der Waals surface area contributed by atoms with Gasteiger partial charge < -0.3 is 14.3 Å². The van der Waals surface area contributed by atoms with Crippen molar-refractivity contribution >= 4 is 20.1 Å². The molecule has 36 heavy (non-hydrogen) atoms. The van der Waals surface area contributed by atoms with E-state index in [1.54, 1.807) is 0 Å². The number of fused-ring (bicyclic) bond motifs is 5. The van der Waals surface area contributed by atoms with Gasteiger partial charge in [-0.05, 0) is 85.9 Å². The van der Waals surface area contributed by atoms with Gasteiger partial charge in [-0.2, -0.15) is 0 Å². The summed E-state index contributed by atoms with van der Waals surface area (Å²) >= 11 is 0. The van der Waals surface area contributed by atoms with Crippen LogP contribution in [0.15, 0.2) is 23.8 Å². The number of carbonyl (C=O) groups excluding carboxylic acids is 2. The molecular formula is C30H48O5Si. The molecule has 5 nitrogen and oxygen atoms in total. The van der Waals surface area contributed by atoms with Gasteiger partial charge in [-0.3, -0.25) is 9.59 Å². The molecule has 9 atom stereocenters. The number of cyclic esters (lactones) is 1. The fourth-order valence-electron chi connectivity index (χ4n) is 6.78. The van der Waals surface area contributed by atoms with Crippen LogP contribution in [0, 0.1) is 35.5 Å². The molecule has 1 saturated heterocycles. The number of aliphatic hydroxyl groups excluding tert-OH is 1. The van der Waals surface area contributed by atoms with Crippen molar-refractivity contribution in [2.24, 2.45) is 35.5 Å². The first-order valence-electron chi connectivity index (χ1n) is 14.3. The van der Waals surface area contributed by atoms with Gasteiger partial charge in [0.1, 0.15) is 6.10 Å². The van der Waals surface area contributed by atoms with Crippen molar-refractivity contribution in [1.82, 2.24) is 0 Å². The summed E-state index contributed by atoms with van der Waals surface area (Å²) in [4.78, 5) is 26.7. The lowest BCUT2D eigenvalue weighted by Gasteiger charge is -2.38. The van der Waals surface area contributed by atoms with Crippen LogP contribution in [0.3, 0.4) is 0 Å². The fraction of sp³-hybridized carbons (Fsp3) is 0.800. The molecule has 0 bridgehead atoms. The van der Waals surface area contributed by atoms with Crippen molar-refractivity contribution < 1.29 is 23.9 Å².